The highest BCUT2D eigenvalue weighted by atomic mass is 32.2. The zero-order valence-electron chi connectivity index (χ0n) is 10.3. The molecule has 0 aliphatic carbocycles. The van der Waals surface area contributed by atoms with E-state index in [0.29, 0.717) is 11.3 Å². The molecule has 0 radical (unpaired) electrons. The standard InChI is InChI=1S/C13H12F2N2O2S/c14-10-5-6-11(15)13(7-10)17-20(18,19)8-9-3-1-2-4-12(9)16/h1-7,17H,8,16H2. The van der Waals surface area contributed by atoms with Crippen molar-refractivity contribution in [2.45, 2.75) is 5.75 Å². The van der Waals surface area contributed by atoms with Crippen LogP contribution in [0.25, 0.3) is 0 Å². The number of sulfonamides is 1. The van der Waals surface area contributed by atoms with Gasteiger partial charge in [-0.15, -0.1) is 0 Å². The summed E-state index contributed by atoms with van der Waals surface area (Å²) in [5.41, 5.74) is 5.92. The topological polar surface area (TPSA) is 72.2 Å². The van der Waals surface area contributed by atoms with Gasteiger partial charge in [-0.3, -0.25) is 4.72 Å². The summed E-state index contributed by atoms with van der Waals surface area (Å²) < 4.78 is 52.3. The molecule has 0 saturated carbocycles. The van der Waals surface area contributed by atoms with Gasteiger partial charge in [-0.1, -0.05) is 18.2 Å². The minimum absolute atomic E-state index is 0.317. The van der Waals surface area contributed by atoms with Gasteiger partial charge in [-0.05, 0) is 23.8 Å². The molecule has 106 valence electrons. The number of benzene rings is 2. The van der Waals surface area contributed by atoms with Crippen LogP contribution in [-0.4, -0.2) is 8.42 Å². The zero-order valence-corrected chi connectivity index (χ0v) is 11.1. The van der Waals surface area contributed by atoms with E-state index in [2.05, 4.69) is 0 Å². The second-order valence-electron chi connectivity index (χ2n) is 4.18. The molecule has 0 heterocycles. The van der Waals surface area contributed by atoms with Crippen molar-refractivity contribution in [2.24, 2.45) is 0 Å². The van der Waals surface area contributed by atoms with Crippen LogP contribution in [-0.2, 0) is 15.8 Å². The molecule has 0 aliphatic rings. The maximum absolute atomic E-state index is 13.4. The van der Waals surface area contributed by atoms with Gasteiger partial charge in [-0.2, -0.15) is 0 Å². The third kappa shape index (κ3) is 3.45. The van der Waals surface area contributed by atoms with Crippen molar-refractivity contribution in [3.63, 3.8) is 0 Å². The lowest BCUT2D eigenvalue weighted by atomic mass is 10.2. The summed E-state index contributed by atoms with van der Waals surface area (Å²) >= 11 is 0. The van der Waals surface area contributed by atoms with Crippen molar-refractivity contribution in [1.29, 1.82) is 0 Å². The average molecular weight is 298 g/mol. The van der Waals surface area contributed by atoms with Crippen molar-refractivity contribution in [2.75, 3.05) is 10.5 Å². The quantitative estimate of drug-likeness (QED) is 0.852. The summed E-state index contributed by atoms with van der Waals surface area (Å²) in [6, 6.07) is 8.97. The van der Waals surface area contributed by atoms with E-state index in [1.54, 1.807) is 24.3 Å². The number of para-hydroxylation sites is 1. The Morgan fingerprint density at radius 3 is 2.50 bits per heavy atom. The third-order valence-electron chi connectivity index (χ3n) is 2.59. The largest absolute Gasteiger partial charge is 0.398 e. The third-order valence-corrected chi connectivity index (χ3v) is 3.82. The molecule has 0 aromatic heterocycles. The summed E-state index contributed by atoms with van der Waals surface area (Å²) in [4.78, 5) is 0. The molecule has 0 atom stereocenters. The summed E-state index contributed by atoms with van der Waals surface area (Å²) in [5, 5.41) is 0. The van der Waals surface area contributed by atoms with Gasteiger partial charge in [0.1, 0.15) is 11.6 Å². The lowest BCUT2D eigenvalue weighted by molar-refractivity contribution is 0.594. The molecule has 0 spiro atoms. The van der Waals surface area contributed by atoms with Crippen LogP contribution in [0.3, 0.4) is 0 Å². The highest BCUT2D eigenvalue weighted by molar-refractivity contribution is 7.91. The molecule has 7 heteroatoms. The van der Waals surface area contributed by atoms with Crippen LogP contribution in [0.4, 0.5) is 20.2 Å². The molecule has 2 aromatic carbocycles. The summed E-state index contributed by atoms with van der Waals surface area (Å²) in [6.45, 7) is 0. The zero-order chi connectivity index (χ0) is 14.8. The molecule has 0 fully saturated rings. The summed E-state index contributed by atoms with van der Waals surface area (Å²) in [6.07, 6.45) is 0. The van der Waals surface area contributed by atoms with Gasteiger partial charge in [0.25, 0.3) is 0 Å². The molecule has 0 saturated heterocycles. The Hall–Kier alpha value is -2.15. The molecule has 0 amide bonds. The van der Waals surface area contributed by atoms with Gasteiger partial charge in [0.15, 0.2) is 0 Å². The Balaban J connectivity index is 2.24. The van der Waals surface area contributed by atoms with Crippen LogP contribution in [0.5, 0.6) is 0 Å². The van der Waals surface area contributed by atoms with Gasteiger partial charge in [0.05, 0.1) is 11.4 Å². The first-order valence-corrected chi connectivity index (χ1v) is 7.31. The predicted octanol–water partition coefficient (Wildman–Crippen LogP) is 2.49. The smallest absolute Gasteiger partial charge is 0.237 e. The lowest BCUT2D eigenvalue weighted by Gasteiger charge is -2.10. The molecule has 2 rings (SSSR count). The average Bonchev–Trinajstić information content (AvgIpc) is 2.36. The van der Waals surface area contributed by atoms with E-state index in [1.807, 2.05) is 4.72 Å². The Morgan fingerprint density at radius 1 is 1.10 bits per heavy atom. The second kappa shape index (κ2) is 5.46. The van der Waals surface area contributed by atoms with E-state index in [-0.39, 0.29) is 0 Å². The van der Waals surface area contributed by atoms with Crippen molar-refractivity contribution < 1.29 is 17.2 Å². The number of hydrogen-bond acceptors (Lipinski definition) is 3. The molecule has 2 aromatic rings. The first kappa shape index (κ1) is 14.3. The van der Waals surface area contributed by atoms with E-state index in [4.69, 9.17) is 5.73 Å². The van der Waals surface area contributed by atoms with Crippen LogP contribution in [0, 0.1) is 11.6 Å². The maximum Gasteiger partial charge on any atom is 0.237 e. The molecular weight excluding hydrogens is 286 g/mol. The van der Waals surface area contributed by atoms with E-state index in [9.17, 15) is 17.2 Å². The number of nitrogens with one attached hydrogen (secondary N) is 1. The Labute approximate surface area is 115 Å². The van der Waals surface area contributed by atoms with Crippen LogP contribution in [0.15, 0.2) is 42.5 Å². The first-order chi connectivity index (χ1) is 9.37. The highest BCUT2D eigenvalue weighted by Gasteiger charge is 2.16. The van der Waals surface area contributed by atoms with E-state index >= 15 is 0 Å². The molecular formula is C13H12F2N2O2S. The lowest BCUT2D eigenvalue weighted by Crippen LogP contribution is -2.16. The van der Waals surface area contributed by atoms with Gasteiger partial charge >= 0.3 is 0 Å². The van der Waals surface area contributed by atoms with E-state index in [1.165, 1.54) is 0 Å². The molecule has 0 aliphatic heterocycles. The number of nitrogens with two attached hydrogens (primary N) is 1. The van der Waals surface area contributed by atoms with E-state index < -0.39 is 33.1 Å². The van der Waals surface area contributed by atoms with Gasteiger partial charge < -0.3 is 5.73 Å². The number of hydrogen-bond donors (Lipinski definition) is 2. The summed E-state index contributed by atoms with van der Waals surface area (Å²) in [7, 11) is -3.89. The first-order valence-electron chi connectivity index (χ1n) is 5.66. The molecule has 4 nitrogen and oxygen atoms in total. The maximum atomic E-state index is 13.4. The van der Waals surface area contributed by atoms with Gasteiger partial charge in [0, 0.05) is 11.8 Å². The highest BCUT2D eigenvalue weighted by Crippen LogP contribution is 2.20. The fraction of sp³-hybridized carbons (Fsp3) is 0.0769. The van der Waals surface area contributed by atoms with Crippen molar-refractivity contribution in [3.05, 3.63) is 59.7 Å². The SMILES string of the molecule is Nc1ccccc1CS(=O)(=O)Nc1cc(F)ccc1F. The van der Waals surface area contributed by atoms with Crippen LogP contribution in [0.1, 0.15) is 5.56 Å². The van der Waals surface area contributed by atoms with Gasteiger partial charge in [0.2, 0.25) is 10.0 Å². The number of nitrogen functional groups attached to an aromatic ring is 1. The molecule has 3 N–H and O–H groups in total. The van der Waals surface area contributed by atoms with E-state index in [0.717, 1.165) is 18.2 Å². The van der Waals surface area contributed by atoms with Crippen LogP contribution >= 0.6 is 0 Å². The van der Waals surface area contributed by atoms with Crippen molar-refractivity contribution in [3.8, 4) is 0 Å². The molecule has 0 unspecified atom stereocenters. The Kier molecular flexibility index (Phi) is 3.89. The molecule has 20 heavy (non-hydrogen) atoms. The summed E-state index contributed by atoms with van der Waals surface area (Å²) in [5.74, 6) is -2.00. The minimum Gasteiger partial charge on any atom is -0.398 e. The number of halogens is 2. The second-order valence-corrected chi connectivity index (χ2v) is 5.91. The Bertz CT molecular complexity index is 733. The number of rotatable bonds is 4. The Morgan fingerprint density at radius 2 is 1.80 bits per heavy atom. The fourth-order valence-electron chi connectivity index (χ4n) is 1.65. The van der Waals surface area contributed by atoms with Crippen LogP contribution in [0.2, 0.25) is 0 Å². The fourth-order valence-corrected chi connectivity index (χ4v) is 2.89. The van der Waals surface area contributed by atoms with Crippen LogP contribution < -0.4 is 10.5 Å². The minimum atomic E-state index is -3.89. The van der Waals surface area contributed by atoms with Gasteiger partial charge in [-0.25, -0.2) is 17.2 Å². The van der Waals surface area contributed by atoms with Crippen molar-refractivity contribution >= 4 is 21.4 Å². The molecule has 0 bridgehead atoms. The van der Waals surface area contributed by atoms with Crippen molar-refractivity contribution in [1.82, 2.24) is 0 Å². The number of anilines is 2. The predicted molar refractivity (Wildman–Crippen MR) is 73.5 cm³/mol. The normalized spacial score (nSPS) is 11.3. The monoisotopic (exact) mass is 298 g/mol.